The van der Waals surface area contributed by atoms with Gasteiger partial charge in [0.1, 0.15) is 10.3 Å². The summed E-state index contributed by atoms with van der Waals surface area (Å²) in [5.74, 6) is 0.244. The number of aryl methyl sites for hydroxylation is 2. The Hall–Kier alpha value is -2.52. The van der Waals surface area contributed by atoms with E-state index in [0.717, 1.165) is 29.5 Å². The monoisotopic (exact) mass is 411 g/mol. The molecule has 0 fully saturated rings. The summed E-state index contributed by atoms with van der Waals surface area (Å²) in [7, 11) is 1.73. The van der Waals surface area contributed by atoms with Crippen LogP contribution in [0.1, 0.15) is 23.3 Å². The van der Waals surface area contributed by atoms with E-state index in [1.807, 2.05) is 6.07 Å². The maximum atomic E-state index is 13.0. The van der Waals surface area contributed by atoms with Gasteiger partial charge in [-0.3, -0.25) is 14.2 Å². The molecule has 5 rings (SSSR count). The van der Waals surface area contributed by atoms with Crippen LogP contribution >= 0.6 is 23.1 Å². The minimum Gasteiger partial charge on any atom is -0.290 e. The second-order valence-corrected chi connectivity index (χ2v) is 8.83. The lowest BCUT2D eigenvalue weighted by Gasteiger charge is -2.11. The third kappa shape index (κ3) is 2.77. The highest BCUT2D eigenvalue weighted by Gasteiger charge is 2.21. The van der Waals surface area contributed by atoms with E-state index in [9.17, 15) is 9.59 Å². The molecule has 0 bridgehead atoms. The summed E-state index contributed by atoms with van der Waals surface area (Å²) in [6.07, 6.45) is 4.29. The van der Waals surface area contributed by atoms with Gasteiger partial charge in [-0.2, -0.15) is 4.68 Å². The van der Waals surface area contributed by atoms with Gasteiger partial charge in [-0.1, -0.05) is 29.1 Å². The van der Waals surface area contributed by atoms with E-state index >= 15 is 0 Å². The zero-order valence-corrected chi connectivity index (χ0v) is 16.8. The number of thioether (sulfide) groups is 1. The first kappa shape index (κ1) is 17.6. The summed E-state index contributed by atoms with van der Waals surface area (Å²) in [5.41, 5.74) is 1.55. The second kappa shape index (κ2) is 6.82. The average Bonchev–Trinajstić information content (AvgIpc) is 3.09. The first-order valence-corrected chi connectivity index (χ1v) is 10.9. The molecule has 4 aromatic rings. The van der Waals surface area contributed by atoms with Crippen LogP contribution in [0.25, 0.3) is 21.1 Å². The van der Waals surface area contributed by atoms with Crippen LogP contribution in [-0.4, -0.2) is 24.5 Å². The van der Waals surface area contributed by atoms with Gasteiger partial charge in [-0.05, 0) is 43.4 Å². The third-order valence-corrected chi connectivity index (χ3v) is 7.28. The second-order valence-electron chi connectivity index (χ2n) is 6.83. The van der Waals surface area contributed by atoms with E-state index in [1.165, 1.54) is 33.3 Å². The number of hydrogen-bond acceptors (Lipinski definition) is 7. The molecule has 1 aliphatic rings. The molecule has 3 heterocycles. The first-order chi connectivity index (χ1) is 13.6. The van der Waals surface area contributed by atoms with Gasteiger partial charge in [0.2, 0.25) is 0 Å². The summed E-state index contributed by atoms with van der Waals surface area (Å²) in [5, 5.41) is 9.99. The third-order valence-electron chi connectivity index (χ3n) is 5.10. The molecule has 0 saturated carbocycles. The lowest BCUT2D eigenvalue weighted by Crippen LogP contribution is -2.24. The van der Waals surface area contributed by atoms with Crippen molar-refractivity contribution in [3.8, 4) is 0 Å². The molecule has 0 spiro atoms. The molecule has 7 nitrogen and oxygen atoms in total. The molecule has 9 heteroatoms. The number of rotatable bonds is 3. The van der Waals surface area contributed by atoms with Crippen LogP contribution in [0.4, 0.5) is 0 Å². The Morgan fingerprint density at radius 2 is 1.96 bits per heavy atom. The molecule has 0 unspecified atom stereocenters. The van der Waals surface area contributed by atoms with Crippen molar-refractivity contribution in [3.63, 3.8) is 0 Å². The fourth-order valence-electron chi connectivity index (χ4n) is 3.62. The fraction of sp³-hybridized carbons (Fsp3) is 0.316. The number of aromatic nitrogens is 5. The molecular formula is C19H17N5O2S2. The predicted octanol–water partition coefficient (Wildman–Crippen LogP) is 2.73. The highest BCUT2D eigenvalue weighted by Crippen LogP contribution is 2.34. The Morgan fingerprint density at radius 1 is 1.14 bits per heavy atom. The molecule has 0 amide bonds. The minimum absolute atomic E-state index is 0.0103. The van der Waals surface area contributed by atoms with Crippen molar-refractivity contribution in [3.05, 3.63) is 55.4 Å². The van der Waals surface area contributed by atoms with Crippen molar-refractivity contribution in [2.24, 2.45) is 7.05 Å². The van der Waals surface area contributed by atoms with Crippen LogP contribution < -0.4 is 11.1 Å². The highest BCUT2D eigenvalue weighted by molar-refractivity contribution is 7.98. The van der Waals surface area contributed by atoms with Crippen molar-refractivity contribution in [1.29, 1.82) is 0 Å². The lowest BCUT2D eigenvalue weighted by atomic mass is 9.97. The molecule has 0 N–H and O–H groups in total. The van der Waals surface area contributed by atoms with Gasteiger partial charge in [-0.15, -0.1) is 16.4 Å². The highest BCUT2D eigenvalue weighted by atomic mass is 32.2. The summed E-state index contributed by atoms with van der Waals surface area (Å²) in [6, 6.07) is 7.13. The summed E-state index contributed by atoms with van der Waals surface area (Å²) < 4.78 is 2.89. The molecule has 1 aromatic carbocycles. The van der Waals surface area contributed by atoms with E-state index in [0.29, 0.717) is 16.1 Å². The number of thiophene rings is 1. The van der Waals surface area contributed by atoms with Crippen molar-refractivity contribution in [1.82, 2.24) is 24.5 Å². The molecule has 142 valence electrons. The van der Waals surface area contributed by atoms with E-state index in [-0.39, 0.29) is 17.0 Å². The van der Waals surface area contributed by atoms with E-state index in [2.05, 4.69) is 10.3 Å². The molecular weight excluding hydrogens is 394 g/mol. The van der Waals surface area contributed by atoms with Gasteiger partial charge in [0.05, 0.1) is 16.6 Å². The summed E-state index contributed by atoms with van der Waals surface area (Å²) in [6.45, 7) is 0. The van der Waals surface area contributed by atoms with Crippen LogP contribution in [0.3, 0.4) is 0 Å². The fourth-order valence-corrected chi connectivity index (χ4v) is 5.77. The van der Waals surface area contributed by atoms with Gasteiger partial charge in [-0.25, -0.2) is 4.98 Å². The standard InChI is InChI=1S/C19H17N5O2S2/c1-23-18(26)15-12-7-3-5-9-14(12)28-16(15)20-19(23)27-10-24-17(25)11-6-2-4-8-13(11)21-22-24/h2,4,6,8H,3,5,7,9-10H2,1H3. The first-order valence-electron chi connectivity index (χ1n) is 9.10. The largest absolute Gasteiger partial charge is 0.290 e. The molecule has 0 radical (unpaired) electrons. The van der Waals surface area contributed by atoms with Crippen LogP contribution in [-0.2, 0) is 25.8 Å². The maximum Gasteiger partial charge on any atom is 0.278 e. The Balaban J connectivity index is 1.52. The quantitative estimate of drug-likeness (QED) is 0.381. The van der Waals surface area contributed by atoms with Crippen molar-refractivity contribution in [2.45, 2.75) is 36.7 Å². The summed E-state index contributed by atoms with van der Waals surface area (Å²) in [4.78, 5) is 32.4. The van der Waals surface area contributed by atoms with Gasteiger partial charge >= 0.3 is 0 Å². The normalized spacial score (nSPS) is 13.9. The van der Waals surface area contributed by atoms with Crippen LogP contribution in [0.2, 0.25) is 0 Å². The van der Waals surface area contributed by atoms with E-state index in [1.54, 1.807) is 41.2 Å². The maximum absolute atomic E-state index is 13.0. The van der Waals surface area contributed by atoms with Gasteiger partial charge in [0, 0.05) is 11.9 Å². The Kier molecular flexibility index (Phi) is 4.28. The number of fused-ring (bicyclic) bond motifs is 4. The van der Waals surface area contributed by atoms with E-state index in [4.69, 9.17) is 4.98 Å². The molecule has 0 saturated heterocycles. The molecule has 3 aromatic heterocycles. The predicted molar refractivity (Wildman–Crippen MR) is 111 cm³/mol. The number of benzene rings is 1. The SMILES string of the molecule is Cn1c(SCn2nnc3ccccc3c2=O)nc2sc3c(c2c1=O)CCCC3. The smallest absolute Gasteiger partial charge is 0.278 e. The Morgan fingerprint density at radius 3 is 2.86 bits per heavy atom. The van der Waals surface area contributed by atoms with E-state index < -0.39 is 0 Å². The zero-order valence-electron chi connectivity index (χ0n) is 15.2. The Labute approximate surface area is 168 Å². The van der Waals surface area contributed by atoms with Gasteiger partial charge in [0.25, 0.3) is 11.1 Å². The van der Waals surface area contributed by atoms with Crippen LogP contribution in [0.15, 0.2) is 39.0 Å². The van der Waals surface area contributed by atoms with Crippen LogP contribution in [0.5, 0.6) is 0 Å². The zero-order chi connectivity index (χ0) is 19.3. The summed E-state index contributed by atoms with van der Waals surface area (Å²) >= 11 is 2.95. The van der Waals surface area contributed by atoms with Gasteiger partial charge in [0.15, 0.2) is 5.16 Å². The van der Waals surface area contributed by atoms with Gasteiger partial charge < -0.3 is 0 Å². The van der Waals surface area contributed by atoms with Crippen molar-refractivity contribution < 1.29 is 0 Å². The lowest BCUT2D eigenvalue weighted by molar-refractivity contribution is 0.639. The van der Waals surface area contributed by atoms with Crippen molar-refractivity contribution in [2.75, 3.05) is 0 Å². The van der Waals surface area contributed by atoms with Crippen molar-refractivity contribution >= 4 is 44.2 Å². The van der Waals surface area contributed by atoms with Crippen LogP contribution in [0, 0.1) is 0 Å². The Bertz CT molecular complexity index is 1340. The molecule has 1 aliphatic carbocycles. The molecule has 28 heavy (non-hydrogen) atoms. The number of nitrogens with zero attached hydrogens (tertiary/aromatic N) is 5. The topological polar surface area (TPSA) is 82.7 Å². The average molecular weight is 412 g/mol. The molecule has 0 aliphatic heterocycles. The number of hydrogen-bond donors (Lipinski definition) is 0. The molecule has 0 atom stereocenters. The minimum atomic E-state index is -0.198.